The van der Waals surface area contributed by atoms with E-state index in [0.717, 1.165) is 11.3 Å². The molecule has 0 radical (unpaired) electrons. The summed E-state index contributed by atoms with van der Waals surface area (Å²) in [5.74, 6) is 0.517. The second kappa shape index (κ2) is 8.12. The summed E-state index contributed by atoms with van der Waals surface area (Å²) in [6.45, 7) is 1.99. The summed E-state index contributed by atoms with van der Waals surface area (Å²) in [6, 6.07) is 16.2. The summed E-state index contributed by atoms with van der Waals surface area (Å²) in [4.78, 5) is 19.3. The Balaban J connectivity index is 1.54. The van der Waals surface area contributed by atoms with Gasteiger partial charge in [-0.15, -0.1) is 0 Å². The highest BCUT2D eigenvalue weighted by molar-refractivity contribution is 5.85. The minimum absolute atomic E-state index is 0.0869. The molecule has 4 aromatic rings. The van der Waals surface area contributed by atoms with Gasteiger partial charge < -0.3 is 24.3 Å². The van der Waals surface area contributed by atoms with Gasteiger partial charge in [0.15, 0.2) is 11.3 Å². The molecule has 2 heterocycles. The van der Waals surface area contributed by atoms with E-state index in [9.17, 15) is 4.79 Å². The van der Waals surface area contributed by atoms with E-state index in [1.54, 1.807) is 31.4 Å². The zero-order valence-electron chi connectivity index (χ0n) is 16.3. The number of fused-ring (bicyclic) bond motifs is 1. The molecule has 0 saturated carbocycles. The number of carboxylic acids is 1. The number of benzene rings is 2. The number of aromatic carboxylic acids is 1. The molecular formula is C22H19N3O5. The molecule has 0 unspecified atom stereocenters. The Morgan fingerprint density at radius 3 is 2.73 bits per heavy atom. The number of carboxylic acid groups (broad SMARTS) is 1. The summed E-state index contributed by atoms with van der Waals surface area (Å²) >= 11 is 0. The fraction of sp³-hybridized carbons (Fsp3) is 0.136. The van der Waals surface area contributed by atoms with Gasteiger partial charge in [-0.2, -0.15) is 4.98 Å². The van der Waals surface area contributed by atoms with Gasteiger partial charge in [0.1, 0.15) is 22.8 Å². The Hall–Kier alpha value is -4.07. The van der Waals surface area contributed by atoms with Crippen molar-refractivity contribution in [2.75, 3.05) is 12.4 Å². The fourth-order valence-electron chi connectivity index (χ4n) is 3.04. The van der Waals surface area contributed by atoms with Crippen molar-refractivity contribution in [1.29, 1.82) is 0 Å². The van der Waals surface area contributed by atoms with Gasteiger partial charge in [0, 0.05) is 23.9 Å². The minimum atomic E-state index is -1.12. The van der Waals surface area contributed by atoms with Crippen LogP contribution in [-0.4, -0.2) is 28.2 Å². The van der Waals surface area contributed by atoms with E-state index in [-0.39, 0.29) is 11.7 Å². The van der Waals surface area contributed by atoms with Crippen LogP contribution >= 0.6 is 0 Å². The van der Waals surface area contributed by atoms with Crippen LogP contribution < -0.4 is 14.8 Å². The number of methoxy groups -OCH3 is 1. The average molecular weight is 405 g/mol. The van der Waals surface area contributed by atoms with Crippen LogP contribution in [0.25, 0.3) is 11.1 Å². The Bertz CT molecular complexity index is 1200. The molecule has 152 valence electrons. The number of para-hydroxylation sites is 1. The number of hydrogen-bond acceptors (Lipinski definition) is 7. The molecule has 2 aromatic carbocycles. The molecule has 1 atom stereocenters. The molecule has 0 aliphatic carbocycles. The molecule has 0 fully saturated rings. The lowest BCUT2D eigenvalue weighted by Crippen LogP contribution is -2.08. The van der Waals surface area contributed by atoms with Crippen molar-refractivity contribution in [3.63, 3.8) is 0 Å². The number of nitrogens with zero attached hydrogens (tertiary/aromatic N) is 2. The van der Waals surface area contributed by atoms with Gasteiger partial charge in [0.25, 0.3) is 6.01 Å². The van der Waals surface area contributed by atoms with Gasteiger partial charge >= 0.3 is 5.97 Å². The van der Waals surface area contributed by atoms with Crippen molar-refractivity contribution in [1.82, 2.24) is 9.97 Å². The average Bonchev–Trinajstić information content (AvgIpc) is 3.15. The number of aromatic nitrogens is 2. The molecule has 0 aliphatic rings. The third-order valence-corrected chi connectivity index (χ3v) is 4.49. The number of anilines is 1. The molecule has 8 nitrogen and oxygen atoms in total. The molecule has 4 rings (SSSR count). The number of nitrogens with one attached hydrogen (secondary N) is 1. The van der Waals surface area contributed by atoms with E-state index in [1.807, 2.05) is 31.2 Å². The summed E-state index contributed by atoms with van der Waals surface area (Å²) in [5, 5.41) is 12.3. The third kappa shape index (κ3) is 4.02. The van der Waals surface area contributed by atoms with Gasteiger partial charge in [-0.3, -0.25) is 0 Å². The smallest absolute Gasteiger partial charge is 0.354 e. The highest BCUT2D eigenvalue weighted by Crippen LogP contribution is 2.30. The first-order valence-electron chi connectivity index (χ1n) is 9.21. The van der Waals surface area contributed by atoms with Crippen LogP contribution in [-0.2, 0) is 0 Å². The maximum Gasteiger partial charge on any atom is 0.354 e. The van der Waals surface area contributed by atoms with Crippen molar-refractivity contribution >= 4 is 23.1 Å². The first-order chi connectivity index (χ1) is 14.5. The Morgan fingerprint density at radius 1 is 1.13 bits per heavy atom. The number of carbonyl (C=O) groups is 1. The summed E-state index contributed by atoms with van der Waals surface area (Å²) in [6.07, 6.45) is 1.38. The lowest BCUT2D eigenvalue weighted by atomic mass is 10.1. The lowest BCUT2D eigenvalue weighted by Gasteiger charge is -2.15. The van der Waals surface area contributed by atoms with E-state index >= 15 is 0 Å². The van der Waals surface area contributed by atoms with Crippen molar-refractivity contribution in [2.45, 2.75) is 13.0 Å². The van der Waals surface area contributed by atoms with Crippen molar-refractivity contribution in [3.8, 4) is 17.2 Å². The van der Waals surface area contributed by atoms with Gasteiger partial charge in [0.2, 0.25) is 0 Å². The predicted molar refractivity (Wildman–Crippen MR) is 110 cm³/mol. The molecule has 2 aromatic heterocycles. The van der Waals surface area contributed by atoms with Gasteiger partial charge in [0.05, 0.1) is 13.2 Å². The SMILES string of the molecule is COc1ccccc1[C@@H](C)Nc1nc2ccc(Oc3ccnc(C(=O)O)c3)cc2o1. The fourth-order valence-corrected chi connectivity index (χ4v) is 3.04. The quantitative estimate of drug-likeness (QED) is 0.447. The topological polar surface area (TPSA) is 107 Å². The van der Waals surface area contributed by atoms with E-state index in [0.29, 0.717) is 28.6 Å². The van der Waals surface area contributed by atoms with Crippen molar-refractivity contribution in [3.05, 3.63) is 72.1 Å². The summed E-state index contributed by atoms with van der Waals surface area (Å²) in [5.41, 5.74) is 2.09. The number of hydrogen-bond donors (Lipinski definition) is 2. The largest absolute Gasteiger partial charge is 0.496 e. The molecule has 0 amide bonds. The second-order valence-electron chi connectivity index (χ2n) is 6.54. The number of oxazole rings is 1. The zero-order chi connectivity index (χ0) is 21.1. The summed E-state index contributed by atoms with van der Waals surface area (Å²) < 4.78 is 17.0. The van der Waals surface area contributed by atoms with Crippen molar-refractivity contribution < 1.29 is 23.8 Å². The van der Waals surface area contributed by atoms with E-state index in [4.69, 9.17) is 19.0 Å². The molecule has 2 N–H and O–H groups in total. The van der Waals surface area contributed by atoms with E-state index in [2.05, 4.69) is 15.3 Å². The van der Waals surface area contributed by atoms with Gasteiger partial charge in [-0.25, -0.2) is 9.78 Å². The third-order valence-electron chi connectivity index (χ3n) is 4.49. The van der Waals surface area contributed by atoms with Crippen LogP contribution in [0.3, 0.4) is 0 Å². The maximum atomic E-state index is 11.1. The van der Waals surface area contributed by atoms with Crippen LogP contribution in [0.2, 0.25) is 0 Å². The van der Waals surface area contributed by atoms with Crippen LogP contribution in [0.15, 0.2) is 65.2 Å². The highest BCUT2D eigenvalue weighted by atomic mass is 16.5. The molecule has 30 heavy (non-hydrogen) atoms. The van der Waals surface area contributed by atoms with Crippen LogP contribution in [0.5, 0.6) is 17.2 Å². The van der Waals surface area contributed by atoms with Gasteiger partial charge in [-0.1, -0.05) is 18.2 Å². The van der Waals surface area contributed by atoms with E-state index in [1.165, 1.54) is 12.3 Å². The summed E-state index contributed by atoms with van der Waals surface area (Å²) in [7, 11) is 1.63. The highest BCUT2D eigenvalue weighted by Gasteiger charge is 2.15. The first kappa shape index (κ1) is 19.3. The van der Waals surface area contributed by atoms with Gasteiger partial charge in [-0.05, 0) is 31.2 Å². The number of rotatable bonds is 7. The first-order valence-corrected chi connectivity index (χ1v) is 9.21. The molecular weight excluding hydrogens is 386 g/mol. The zero-order valence-corrected chi connectivity index (χ0v) is 16.3. The molecule has 0 saturated heterocycles. The minimum Gasteiger partial charge on any atom is -0.496 e. The Morgan fingerprint density at radius 2 is 1.93 bits per heavy atom. The molecule has 0 bridgehead atoms. The van der Waals surface area contributed by atoms with E-state index < -0.39 is 5.97 Å². The van der Waals surface area contributed by atoms with Crippen LogP contribution in [0.1, 0.15) is 29.0 Å². The molecule has 0 spiro atoms. The molecule has 8 heteroatoms. The molecule has 0 aliphatic heterocycles. The Labute approximate surface area is 172 Å². The normalized spacial score (nSPS) is 11.8. The second-order valence-corrected chi connectivity index (χ2v) is 6.54. The lowest BCUT2D eigenvalue weighted by molar-refractivity contribution is 0.0690. The Kier molecular flexibility index (Phi) is 5.21. The predicted octanol–water partition coefficient (Wildman–Crippen LogP) is 4.90. The maximum absolute atomic E-state index is 11.1. The monoisotopic (exact) mass is 405 g/mol. The number of pyridine rings is 1. The standard InChI is InChI=1S/C22H19N3O5/c1-13(16-5-3-4-6-19(16)28-2)24-22-25-17-8-7-14(12-20(17)30-22)29-15-9-10-23-18(11-15)21(26)27/h3-13H,1-2H3,(H,24,25)(H,26,27)/t13-/m1/s1. The van der Waals surface area contributed by atoms with Crippen LogP contribution in [0, 0.1) is 0 Å². The van der Waals surface area contributed by atoms with Crippen LogP contribution in [0.4, 0.5) is 6.01 Å². The van der Waals surface area contributed by atoms with Crippen molar-refractivity contribution in [2.24, 2.45) is 0 Å². The number of ether oxygens (including phenoxy) is 2.